The first-order valence-corrected chi connectivity index (χ1v) is 11.3. The van der Waals surface area contributed by atoms with Gasteiger partial charge in [0.1, 0.15) is 11.3 Å². The van der Waals surface area contributed by atoms with Gasteiger partial charge in [-0.1, -0.05) is 24.3 Å². The van der Waals surface area contributed by atoms with Crippen LogP contribution in [-0.2, 0) is 19.5 Å². The molecule has 0 atom stereocenters. The summed E-state index contributed by atoms with van der Waals surface area (Å²) in [7, 11) is 0. The Kier molecular flexibility index (Phi) is 4.88. The zero-order valence-electron chi connectivity index (χ0n) is 18.6. The predicted octanol–water partition coefficient (Wildman–Crippen LogP) is 4.38. The fourth-order valence-electron chi connectivity index (χ4n) is 4.86. The van der Waals surface area contributed by atoms with Crippen LogP contribution in [0, 0.1) is 5.82 Å². The zero-order valence-corrected chi connectivity index (χ0v) is 18.6. The van der Waals surface area contributed by atoms with Crippen molar-refractivity contribution in [3.05, 3.63) is 95.3 Å². The first-order valence-electron chi connectivity index (χ1n) is 11.3. The number of benzene rings is 2. The Morgan fingerprint density at radius 1 is 1.00 bits per heavy atom. The lowest BCUT2D eigenvalue weighted by Crippen LogP contribution is -2.36. The first-order chi connectivity index (χ1) is 17.0. The molecule has 2 aromatic carbocycles. The van der Waals surface area contributed by atoms with Gasteiger partial charge in [-0.3, -0.25) is 14.8 Å². The Bertz CT molecular complexity index is 1610. The van der Waals surface area contributed by atoms with Crippen molar-refractivity contribution in [2.24, 2.45) is 0 Å². The molecule has 0 unspecified atom stereocenters. The minimum absolute atomic E-state index is 0.167. The fourth-order valence-corrected chi connectivity index (χ4v) is 4.86. The number of amides is 1. The molecule has 1 amide bonds. The van der Waals surface area contributed by atoms with Crippen LogP contribution in [0.2, 0.25) is 0 Å². The van der Waals surface area contributed by atoms with Crippen molar-refractivity contribution >= 4 is 27.6 Å². The van der Waals surface area contributed by atoms with E-state index in [2.05, 4.69) is 9.97 Å². The van der Waals surface area contributed by atoms with E-state index in [-0.39, 0.29) is 40.8 Å². The Labute approximate surface area is 199 Å². The van der Waals surface area contributed by atoms with Crippen molar-refractivity contribution in [1.82, 2.24) is 19.4 Å². The van der Waals surface area contributed by atoms with Gasteiger partial charge in [-0.25, -0.2) is 4.39 Å². The van der Waals surface area contributed by atoms with Gasteiger partial charge >= 0.3 is 0 Å². The van der Waals surface area contributed by atoms with E-state index in [1.807, 2.05) is 12.1 Å². The summed E-state index contributed by atoms with van der Waals surface area (Å²) in [4.78, 5) is 24.4. The van der Waals surface area contributed by atoms with Gasteiger partial charge in [-0.2, -0.15) is 0 Å². The highest BCUT2D eigenvalue weighted by atomic mass is 19.1. The number of phenolic OH excluding ortho intramolecular Hbond substituents is 1. The van der Waals surface area contributed by atoms with Crippen LogP contribution in [0.1, 0.15) is 27.2 Å². The molecule has 5 aromatic rings. The summed E-state index contributed by atoms with van der Waals surface area (Å²) in [6.07, 6.45) is 5.60. The van der Waals surface area contributed by atoms with Crippen LogP contribution in [-0.4, -0.2) is 42.1 Å². The molecule has 7 nitrogen and oxygen atoms in total. The van der Waals surface area contributed by atoms with Crippen molar-refractivity contribution in [1.29, 1.82) is 0 Å². The smallest absolute Gasteiger partial charge is 0.255 e. The largest absolute Gasteiger partial charge is 0.505 e. The number of aromatic hydroxyl groups is 2. The number of aromatic nitrogens is 3. The number of nitrogens with zero attached hydrogens (tertiary/aromatic N) is 4. The average Bonchev–Trinajstić information content (AvgIpc) is 3.20. The molecule has 0 spiro atoms. The Morgan fingerprint density at radius 3 is 2.60 bits per heavy atom. The molecule has 6 rings (SSSR count). The lowest BCUT2D eigenvalue weighted by molar-refractivity contribution is 0.0737. The Morgan fingerprint density at radius 2 is 1.77 bits per heavy atom. The lowest BCUT2D eigenvalue weighted by Gasteiger charge is -2.29. The van der Waals surface area contributed by atoms with Gasteiger partial charge < -0.3 is 19.7 Å². The minimum Gasteiger partial charge on any atom is -0.505 e. The molecule has 0 bridgehead atoms. The predicted molar refractivity (Wildman–Crippen MR) is 129 cm³/mol. The summed E-state index contributed by atoms with van der Waals surface area (Å²) in [6.45, 7) is 1.17. The lowest BCUT2D eigenvalue weighted by atomic mass is 9.98. The van der Waals surface area contributed by atoms with Crippen molar-refractivity contribution in [2.45, 2.75) is 19.5 Å². The van der Waals surface area contributed by atoms with E-state index in [1.165, 1.54) is 18.3 Å². The highest BCUT2D eigenvalue weighted by molar-refractivity contribution is 6.21. The van der Waals surface area contributed by atoms with Gasteiger partial charge in [0.15, 0.2) is 5.75 Å². The Balaban J connectivity index is 1.51. The molecule has 1 aliphatic heterocycles. The number of hydrogen-bond donors (Lipinski definition) is 2. The molecule has 0 radical (unpaired) electrons. The van der Waals surface area contributed by atoms with Crippen LogP contribution < -0.4 is 0 Å². The maximum Gasteiger partial charge on any atom is 0.255 e. The van der Waals surface area contributed by atoms with Gasteiger partial charge in [0.05, 0.1) is 17.5 Å². The number of halogens is 1. The quantitative estimate of drug-likeness (QED) is 0.410. The maximum atomic E-state index is 13.9. The van der Waals surface area contributed by atoms with Gasteiger partial charge in [0, 0.05) is 54.6 Å². The number of rotatable bonds is 3. The number of carbonyl (C=O) groups is 1. The molecule has 8 heteroatoms. The summed E-state index contributed by atoms with van der Waals surface area (Å²) in [5, 5.41) is 23.2. The molecule has 0 fully saturated rings. The highest BCUT2D eigenvalue weighted by Crippen LogP contribution is 2.43. The molecule has 174 valence electrons. The second-order valence-electron chi connectivity index (χ2n) is 8.70. The summed E-state index contributed by atoms with van der Waals surface area (Å²) in [5.74, 6) is -0.925. The fraction of sp³-hybridized carbons (Fsp3) is 0.148. The van der Waals surface area contributed by atoms with Gasteiger partial charge in [-0.05, 0) is 35.4 Å². The Hall–Kier alpha value is -4.46. The number of phenols is 1. The average molecular weight is 468 g/mol. The molecule has 35 heavy (non-hydrogen) atoms. The van der Waals surface area contributed by atoms with Crippen LogP contribution in [0.5, 0.6) is 11.6 Å². The van der Waals surface area contributed by atoms with Crippen LogP contribution in [0.25, 0.3) is 21.7 Å². The van der Waals surface area contributed by atoms with E-state index in [9.17, 15) is 19.4 Å². The highest BCUT2D eigenvalue weighted by Gasteiger charge is 2.29. The first kappa shape index (κ1) is 21.1. The van der Waals surface area contributed by atoms with E-state index in [0.717, 1.165) is 16.8 Å². The topological polar surface area (TPSA) is 91.5 Å². The molecule has 0 saturated heterocycles. The van der Waals surface area contributed by atoms with Gasteiger partial charge in [0.2, 0.25) is 5.88 Å². The van der Waals surface area contributed by atoms with E-state index in [4.69, 9.17) is 0 Å². The van der Waals surface area contributed by atoms with Gasteiger partial charge in [-0.15, -0.1) is 0 Å². The monoisotopic (exact) mass is 468 g/mol. The van der Waals surface area contributed by atoms with Crippen molar-refractivity contribution in [3.8, 4) is 11.6 Å². The summed E-state index contributed by atoms with van der Waals surface area (Å²) < 4.78 is 14.9. The molecular formula is C27H21FN4O3. The second-order valence-corrected chi connectivity index (χ2v) is 8.70. The number of hydrogen-bond acceptors (Lipinski definition) is 5. The standard InChI is InChI=1S/C27H21FN4O3/c28-18-7-5-16(6-8-18)13-32-15-20-22(19-4-2-11-30-24(19)25(33)23(20)27(32)35)26(34)31-12-9-21-17(14-31)3-1-10-29-21/h1-8,10-11,15,33,35H,9,12-14H2. The second kappa shape index (κ2) is 8.09. The number of fused-ring (bicyclic) bond motifs is 3. The van der Waals surface area contributed by atoms with Crippen LogP contribution in [0.15, 0.2) is 67.1 Å². The van der Waals surface area contributed by atoms with E-state index < -0.39 is 0 Å². The van der Waals surface area contributed by atoms with E-state index >= 15 is 0 Å². The minimum atomic E-state index is -0.350. The molecule has 1 aliphatic rings. The zero-order chi connectivity index (χ0) is 24.1. The van der Waals surface area contributed by atoms with Crippen molar-refractivity contribution in [3.63, 3.8) is 0 Å². The summed E-state index contributed by atoms with van der Waals surface area (Å²) >= 11 is 0. The normalized spacial score (nSPS) is 13.3. The molecular weight excluding hydrogens is 447 g/mol. The number of pyridine rings is 2. The molecule has 4 heterocycles. The maximum absolute atomic E-state index is 13.9. The molecule has 3 aromatic heterocycles. The molecule has 0 aliphatic carbocycles. The van der Waals surface area contributed by atoms with Crippen LogP contribution >= 0.6 is 0 Å². The van der Waals surface area contributed by atoms with E-state index in [1.54, 1.807) is 46.1 Å². The van der Waals surface area contributed by atoms with Crippen LogP contribution in [0.3, 0.4) is 0 Å². The third kappa shape index (κ3) is 3.45. The SMILES string of the molecule is O=C(c1c2cccnc2c(O)c2c(O)n(Cc3ccc(F)cc3)cc12)N1CCc2ncccc2C1. The third-order valence-corrected chi connectivity index (χ3v) is 6.59. The van der Waals surface area contributed by atoms with Crippen molar-refractivity contribution in [2.75, 3.05) is 6.54 Å². The molecule has 0 saturated carbocycles. The third-order valence-electron chi connectivity index (χ3n) is 6.59. The summed E-state index contributed by atoms with van der Waals surface area (Å²) in [6, 6.07) is 13.3. The molecule has 2 N–H and O–H groups in total. The number of carbonyl (C=O) groups excluding carboxylic acids is 1. The van der Waals surface area contributed by atoms with Crippen LogP contribution in [0.4, 0.5) is 4.39 Å². The van der Waals surface area contributed by atoms with Crippen molar-refractivity contribution < 1.29 is 19.4 Å². The van der Waals surface area contributed by atoms with E-state index in [0.29, 0.717) is 35.8 Å². The van der Waals surface area contributed by atoms with Gasteiger partial charge in [0.25, 0.3) is 5.91 Å². The summed E-state index contributed by atoms with van der Waals surface area (Å²) in [5.41, 5.74) is 3.37.